The second kappa shape index (κ2) is 7.40. The number of imidazole rings is 1. The van der Waals surface area contributed by atoms with Crippen molar-refractivity contribution < 1.29 is 9.53 Å². The zero-order chi connectivity index (χ0) is 18.8. The second-order valence-corrected chi connectivity index (χ2v) is 6.75. The smallest absolute Gasteiger partial charge is 0.255 e. The monoisotopic (exact) mass is 386 g/mol. The van der Waals surface area contributed by atoms with Gasteiger partial charge in [-0.15, -0.1) is 10.2 Å². The molecule has 0 aliphatic carbocycles. The normalized spacial score (nSPS) is 13.9. The Morgan fingerprint density at radius 2 is 2.19 bits per heavy atom. The number of benzene rings is 1. The van der Waals surface area contributed by atoms with Gasteiger partial charge >= 0.3 is 0 Å². The summed E-state index contributed by atoms with van der Waals surface area (Å²) in [6.45, 7) is 2.38. The maximum absolute atomic E-state index is 13.0. The average Bonchev–Trinajstić information content (AvgIpc) is 3.27. The van der Waals surface area contributed by atoms with Gasteiger partial charge in [-0.25, -0.2) is 4.98 Å². The lowest BCUT2D eigenvalue weighted by atomic mass is 10.1. The summed E-state index contributed by atoms with van der Waals surface area (Å²) in [5.74, 6) is 2.10. The minimum atomic E-state index is -0.133. The number of nitrogens with zero attached hydrogens (tertiary/aromatic N) is 6. The molecule has 3 aromatic rings. The Bertz CT molecular complexity index is 953. The molecule has 0 radical (unpaired) electrons. The van der Waals surface area contributed by atoms with Crippen molar-refractivity contribution in [2.24, 2.45) is 0 Å². The Morgan fingerprint density at radius 1 is 1.30 bits per heavy atom. The van der Waals surface area contributed by atoms with Gasteiger partial charge in [-0.3, -0.25) is 4.79 Å². The molecule has 0 unspecified atom stereocenters. The molecule has 0 fully saturated rings. The van der Waals surface area contributed by atoms with Crippen molar-refractivity contribution >= 4 is 17.5 Å². The maximum atomic E-state index is 13.0. The number of carbonyl (C=O) groups is 1. The quantitative estimate of drug-likeness (QED) is 0.687. The number of amides is 1. The van der Waals surface area contributed by atoms with Crippen LogP contribution in [0.25, 0.3) is 0 Å². The van der Waals surface area contributed by atoms with E-state index in [4.69, 9.17) is 16.3 Å². The van der Waals surface area contributed by atoms with Crippen LogP contribution in [-0.4, -0.2) is 48.8 Å². The molecule has 1 amide bonds. The van der Waals surface area contributed by atoms with Crippen molar-refractivity contribution in [3.05, 3.63) is 59.2 Å². The highest BCUT2D eigenvalue weighted by Gasteiger charge is 2.25. The Kier molecular flexibility index (Phi) is 4.81. The summed E-state index contributed by atoms with van der Waals surface area (Å²) in [5.41, 5.74) is 0.433. The first-order valence-corrected chi connectivity index (χ1v) is 9.03. The highest BCUT2D eigenvalue weighted by molar-refractivity contribution is 6.33. The largest absolute Gasteiger partial charge is 0.497 e. The molecule has 2 aromatic heterocycles. The van der Waals surface area contributed by atoms with Gasteiger partial charge in [0.25, 0.3) is 5.91 Å². The molecule has 1 aromatic carbocycles. The number of halogens is 1. The SMILES string of the molecule is COc1ccc(Cl)c(C(=O)N2CCCn3c(nnc3Cn3ccnc3)C2)c1. The molecule has 140 valence electrons. The van der Waals surface area contributed by atoms with Crippen LogP contribution < -0.4 is 4.74 Å². The summed E-state index contributed by atoms with van der Waals surface area (Å²) in [5, 5.41) is 9.02. The molecule has 9 heteroatoms. The number of aromatic nitrogens is 5. The fourth-order valence-corrected chi connectivity index (χ4v) is 3.41. The predicted molar refractivity (Wildman–Crippen MR) is 98.7 cm³/mol. The number of carbonyl (C=O) groups excluding carboxylic acids is 1. The zero-order valence-corrected chi connectivity index (χ0v) is 15.6. The second-order valence-electron chi connectivity index (χ2n) is 6.35. The van der Waals surface area contributed by atoms with Gasteiger partial charge in [0.05, 0.1) is 37.1 Å². The number of methoxy groups -OCH3 is 1. The molecule has 1 aliphatic heterocycles. The summed E-state index contributed by atoms with van der Waals surface area (Å²) >= 11 is 6.25. The summed E-state index contributed by atoms with van der Waals surface area (Å²) in [7, 11) is 1.56. The van der Waals surface area contributed by atoms with Crippen molar-refractivity contribution in [3.63, 3.8) is 0 Å². The number of rotatable bonds is 4. The van der Waals surface area contributed by atoms with E-state index in [1.54, 1.807) is 42.7 Å². The fraction of sp³-hybridized carbons (Fsp3) is 0.333. The van der Waals surface area contributed by atoms with Crippen molar-refractivity contribution in [2.75, 3.05) is 13.7 Å². The van der Waals surface area contributed by atoms with Crippen molar-refractivity contribution in [2.45, 2.75) is 26.1 Å². The molecule has 1 aliphatic rings. The van der Waals surface area contributed by atoms with E-state index >= 15 is 0 Å². The third kappa shape index (κ3) is 3.52. The van der Waals surface area contributed by atoms with E-state index in [-0.39, 0.29) is 5.91 Å². The van der Waals surface area contributed by atoms with Crippen LogP contribution in [0.1, 0.15) is 28.4 Å². The van der Waals surface area contributed by atoms with Gasteiger partial charge in [0.2, 0.25) is 0 Å². The van der Waals surface area contributed by atoms with Gasteiger partial charge in [0.1, 0.15) is 5.75 Å². The molecule has 0 N–H and O–H groups in total. The predicted octanol–water partition coefficient (Wildman–Crippen LogP) is 2.23. The van der Waals surface area contributed by atoms with Crippen LogP contribution >= 0.6 is 11.6 Å². The molecule has 0 saturated carbocycles. The standard InChI is InChI=1S/C18H19ClN6O2/c1-27-13-3-4-15(19)14(9-13)18(26)24-6-2-7-25-16(21-22-17(25)11-24)10-23-8-5-20-12-23/h3-5,8-9,12H,2,6-7,10-11H2,1H3. The topological polar surface area (TPSA) is 78.1 Å². The summed E-state index contributed by atoms with van der Waals surface area (Å²) in [4.78, 5) is 18.8. The molecule has 8 nitrogen and oxygen atoms in total. The van der Waals surface area contributed by atoms with E-state index in [0.29, 0.717) is 36.0 Å². The molecule has 4 rings (SSSR count). The lowest BCUT2D eigenvalue weighted by Gasteiger charge is -2.20. The number of hydrogen-bond acceptors (Lipinski definition) is 5. The molecule has 0 atom stereocenters. The van der Waals surface area contributed by atoms with E-state index < -0.39 is 0 Å². The first kappa shape index (κ1) is 17.5. The Morgan fingerprint density at radius 3 is 2.96 bits per heavy atom. The molecule has 0 saturated heterocycles. The Hall–Kier alpha value is -2.87. The molecular formula is C18H19ClN6O2. The van der Waals surface area contributed by atoms with E-state index in [9.17, 15) is 4.79 Å². The summed E-state index contributed by atoms with van der Waals surface area (Å²) in [6.07, 6.45) is 6.19. The van der Waals surface area contributed by atoms with Crippen molar-refractivity contribution in [1.29, 1.82) is 0 Å². The third-order valence-electron chi connectivity index (χ3n) is 4.62. The van der Waals surface area contributed by atoms with E-state index in [0.717, 1.165) is 24.6 Å². The van der Waals surface area contributed by atoms with Gasteiger partial charge in [0.15, 0.2) is 11.6 Å². The van der Waals surface area contributed by atoms with Gasteiger partial charge in [-0.05, 0) is 24.6 Å². The van der Waals surface area contributed by atoms with Gasteiger partial charge in [-0.1, -0.05) is 11.6 Å². The van der Waals surface area contributed by atoms with Gasteiger partial charge in [-0.2, -0.15) is 0 Å². The zero-order valence-electron chi connectivity index (χ0n) is 14.9. The summed E-state index contributed by atoms with van der Waals surface area (Å²) < 4.78 is 9.25. The highest BCUT2D eigenvalue weighted by atomic mass is 35.5. The Labute approximate surface area is 161 Å². The van der Waals surface area contributed by atoms with Crippen LogP contribution in [0.5, 0.6) is 5.75 Å². The maximum Gasteiger partial charge on any atom is 0.255 e. The number of hydrogen-bond donors (Lipinski definition) is 0. The van der Waals surface area contributed by atoms with Crippen LogP contribution in [0.3, 0.4) is 0 Å². The molecule has 0 bridgehead atoms. The number of fused-ring (bicyclic) bond motifs is 1. The molecule has 3 heterocycles. The molecule has 27 heavy (non-hydrogen) atoms. The lowest BCUT2D eigenvalue weighted by molar-refractivity contribution is 0.0743. The Balaban J connectivity index is 1.57. The van der Waals surface area contributed by atoms with Crippen LogP contribution in [0.2, 0.25) is 5.02 Å². The minimum absolute atomic E-state index is 0.133. The van der Waals surface area contributed by atoms with Gasteiger partial charge in [0, 0.05) is 25.5 Å². The number of ether oxygens (including phenoxy) is 1. The first-order valence-electron chi connectivity index (χ1n) is 8.65. The minimum Gasteiger partial charge on any atom is -0.497 e. The first-order chi connectivity index (χ1) is 13.2. The van der Waals surface area contributed by atoms with E-state index in [1.165, 1.54) is 0 Å². The van der Waals surface area contributed by atoms with E-state index in [1.807, 2.05) is 10.8 Å². The highest BCUT2D eigenvalue weighted by Crippen LogP contribution is 2.25. The lowest BCUT2D eigenvalue weighted by Crippen LogP contribution is -2.31. The van der Waals surface area contributed by atoms with Crippen molar-refractivity contribution in [1.82, 2.24) is 29.2 Å². The molecule has 0 spiro atoms. The molecular weight excluding hydrogens is 368 g/mol. The van der Waals surface area contributed by atoms with Crippen LogP contribution in [-0.2, 0) is 19.6 Å². The summed E-state index contributed by atoms with van der Waals surface area (Å²) in [6, 6.07) is 5.09. The average molecular weight is 387 g/mol. The van der Waals surface area contributed by atoms with Crippen LogP contribution in [0.15, 0.2) is 36.9 Å². The fourth-order valence-electron chi connectivity index (χ4n) is 3.22. The van der Waals surface area contributed by atoms with E-state index in [2.05, 4.69) is 19.7 Å². The van der Waals surface area contributed by atoms with Crippen molar-refractivity contribution in [3.8, 4) is 5.75 Å². The van der Waals surface area contributed by atoms with Crippen LogP contribution in [0.4, 0.5) is 0 Å². The third-order valence-corrected chi connectivity index (χ3v) is 4.95. The van der Waals surface area contributed by atoms with Crippen LogP contribution in [0, 0.1) is 0 Å². The van der Waals surface area contributed by atoms with Gasteiger partial charge < -0.3 is 18.8 Å².